The number of rotatable bonds is 7. The highest BCUT2D eigenvalue weighted by Gasteiger charge is 2.16. The molecular weight excluding hydrogens is 533 g/mol. The number of thioether (sulfide) groups is 1. The second-order valence-corrected chi connectivity index (χ2v) is 10.5. The van der Waals surface area contributed by atoms with Gasteiger partial charge in [-0.2, -0.15) is 5.26 Å². The molecule has 2 amide bonds. The zero-order valence-electron chi connectivity index (χ0n) is 19.0. The fraction of sp³-hybridized carbons (Fsp3) is 0.0741. The fourth-order valence-electron chi connectivity index (χ4n) is 3.35. The van der Waals surface area contributed by atoms with Gasteiger partial charge in [0.25, 0.3) is 5.91 Å². The number of aryl methyl sites for hydroxylation is 1. The van der Waals surface area contributed by atoms with Crippen molar-refractivity contribution < 1.29 is 9.59 Å². The van der Waals surface area contributed by atoms with Crippen LogP contribution in [-0.2, 0) is 4.79 Å². The Morgan fingerprint density at radius 2 is 1.81 bits per heavy atom. The predicted molar refractivity (Wildman–Crippen MR) is 149 cm³/mol. The normalized spacial score (nSPS) is 10.5. The molecule has 0 aliphatic carbocycles. The number of halogens is 2. The maximum Gasteiger partial charge on any atom is 0.257 e. The molecule has 9 heteroatoms. The van der Waals surface area contributed by atoms with Gasteiger partial charge in [-0.05, 0) is 48.9 Å². The van der Waals surface area contributed by atoms with Crippen LogP contribution in [0.3, 0.4) is 0 Å². The van der Waals surface area contributed by atoms with Crippen molar-refractivity contribution in [2.45, 2.75) is 11.8 Å². The lowest BCUT2D eigenvalue weighted by Gasteiger charge is -2.09. The van der Waals surface area contributed by atoms with E-state index in [1.165, 1.54) is 29.2 Å². The molecule has 0 aliphatic rings. The minimum absolute atomic E-state index is 0.142. The average Bonchev–Trinajstić information content (AvgIpc) is 3.25. The molecule has 0 fully saturated rings. The van der Waals surface area contributed by atoms with Crippen molar-refractivity contribution in [3.8, 4) is 17.2 Å². The summed E-state index contributed by atoms with van der Waals surface area (Å²) >= 11 is 14.7. The zero-order chi connectivity index (χ0) is 25.7. The number of carbonyl (C=O) groups excluding carboxylic acids is 2. The third-order valence-electron chi connectivity index (χ3n) is 5.16. The van der Waals surface area contributed by atoms with Crippen molar-refractivity contribution >= 4 is 68.8 Å². The van der Waals surface area contributed by atoms with Crippen molar-refractivity contribution in [2.24, 2.45) is 0 Å². The highest BCUT2D eigenvalue weighted by Crippen LogP contribution is 2.35. The summed E-state index contributed by atoms with van der Waals surface area (Å²) in [4.78, 5) is 26.0. The largest absolute Gasteiger partial charge is 0.322 e. The smallest absolute Gasteiger partial charge is 0.257 e. The molecule has 0 saturated carbocycles. The van der Waals surface area contributed by atoms with E-state index in [9.17, 15) is 14.9 Å². The number of anilines is 2. The van der Waals surface area contributed by atoms with Crippen molar-refractivity contribution in [1.82, 2.24) is 0 Å². The molecule has 0 aliphatic heterocycles. The maximum absolute atomic E-state index is 12.6. The molecule has 0 radical (unpaired) electrons. The lowest BCUT2D eigenvalue weighted by Crippen LogP contribution is -2.14. The summed E-state index contributed by atoms with van der Waals surface area (Å²) in [5, 5.41) is 18.5. The third kappa shape index (κ3) is 6.28. The number of amides is 2. The summed E-state index contributed by atoms with van der Waals surface area (Å²) < 4.78 is 0. The van der Waals surface area contributed by atoms with Crippen LogP contribution in [0.1, 0.15) is 21.5 Å². The van der Waals surface area contributed by atoms with Crippen LogP contribution < -0.4 is 10.6 Å². The SMILES string of the molecule is Cc1ccc(-c2csc(NC(=O)CSc3cccc(NC(=O)c4ccc(Cl)cc4Cl)c3)c2C#N)cc1. The van der Waals surface area contributed by atoms with Gasteiger partial charge in [-0.25, -0.2) is 0 Å². The summed E-state index contributed by atoms with van der Waals surface area (Å²) in [6.07, 6.45) is 0. The molecule has 4 aromatic rings. The molecule has 3 aromatic carbocycles. The molecule has 36 heavy (non-hydrogen) atoms. The predicted octanol–water partition coefficient (Wildman–Crippen LogP) is 7.89. The Hall–Kier alpha value is -3.28. The van der Waals surface area contributed by atoms with Gasteiger partial charge in [0.05, 0.1) is 21.9 Å². The van der Waals surface area contributed by atoms with Crippen LogP contribution in [0.15, 0.2) is 77.0 Å². The maximum atomic E-state index is 12.6. The topological polar surface area (TPSA) is 82.0 Å². The monoisotopic (exact) mass is 551 g/mol. The van der Waals surface area contributed by atoms with E-state index < -0.39 is 0 Å². The number of benzene rings is 3. The lowest BCUT2D eigenvalue weighted by molar-refractivity contribution is -0.113. The van der Waals surface area contributed by atoms with E-state index in [2.05, 4.69) is 16.7 Å². The molecule has 0 atom stereocenters. The van der Waals surface area contributed by atoms with Crippen LogP contribution in [0.5, 0.6) is 0 Å². The first-order valence-electron chi connectivity index (χ1n) is 10.7. The molecule has 0 spiro atoms. The van der Waals surface area contributed by atoms with Gasteiger partial charge in [-0.3, -0.25) is 9.59 Å². The van der Waals surface area contributed by atoms with Crippen LogP contribution in [0.2, 0.25) is 10.0 Å². The fourth-order valence-corrected chi connectivity index (χ4v) is 5.54. The van der Waals surface area contributed by atoms with Crippen molar-refractivity contribution in [2.75, 3.05) is 16.4 Å². The minimum atomic E-state index is -0.359. The number of thiophene rings is 1. The van der Waals surface area contributed by atoms with Gasteiger partial charge in [-0.15, -0.1) is 23.1 Å². The van der Waals surface area contributed by atoms with E-state index in [1.807, 2.05) is 42.6 Å². The molecule has 0 bridgehead atoms. The summed E-state index contributed by atoms with van der Waals surface area (Å²) in [5.74, 6) is -0.442. The Kier molecular flexibility index (Phi) is 8.34. The standard InChI is InChI=1S/C27H19Cl2N3O2S2/c1-16-5-7-17(8-6-16)23-14-36-27(22(23)13-30)32-25(33)15-35-20-4-2-3-19(12-20)31-26(34)21-10-9-18(28)11-24(21)29/h2-12,14H,15H2,1H3,(H,31,34)(H,32,33). The summed E-state index contributed by atoms with van der Waals surface area (Å²) in [6, 6.07) is 22.0. The zero-order valence-corrected chi connectivity index (χ0v) is 22.1. The Bertz CT molecular complexity index is 1480. The molecule has 1 heterocycles. The molecule has 5 nitrogen and oxygen atoms in total. The van der Waals surface area contributed by atoms with E-state index in [1.54, 1.807) is 30.3 Å². The quantitative estimate of drug-likeness (QED) is 0.229. The van der Waals surface area contributed by atoms with E-state index >= 15 is 0 Å². The first kappa shape index (κ1) is 25.8. The Balaban J connectivity index is 1.38. The van der Waals surface area contributed by atoms with Crippen LogP contribution in [0, 0.1) is 18.3 Å². The molecular formula is C27H19Cl2N3O2S2. The van der Waals surface area contributed by atoms with Gasteiger partial charge >= 0.3 is 0 Å². The minimum Gasteiger partial charge on any atom is -0.322 e. The first-order valence-corrected chi connectivity index (χ1v) is 13.3. The van der Waals surface area contributed by atoms with E-state index in [4.69, 9.17) is 23.2 Å². The molecule has 0 saturated heterocycles. The summed E-state index contributed by atoms with van der Waals surface area (Å²) in [6.45, 7) is 2.00. The van der Waals surface area contributed by atoms with Gasteiger partial charge in [-0.1, -0.05) is 59.1 Å². The lowest BCUT2D eigenvalue weighted by atomic mass is 10.0. The number of nitrogens with zero attached hydrogens (tertiary/aromatic N) is 1. The number of hydrogen-bond donors (Lipinski definition) is 2. The van der Waals surface area contributed by atoms with Crippen molar-refractivity contribution in [3.63, 3.8) is 0 Å². The van der Waals surface area contributed by atoms with Crippen molar-refractivity contribution in [1.29, 1.82) is 5.26 Å². The van der Waals surface area contributed by atoms with E-state index in [-0.39, 0.29) is 22.6 Å². The average molecular weight is 553 g/mol. The van der Waals surface area contributed by atoms with Crippen LogP contribution >= 0.6 is 46.3 Å². The van der Waals surface area contributed by atoms with Crippen LogP contribution in [0.4, 0.5) is 10.7 Å². The number of hydrogen-bond acceptors (Lipinski definition) is 5. The highest BCUT2D eigenvalue weighted by atomic mass is 35.5. The molecule has 1 aromatic heterocycles. The van der Waals surface area contributed by atoms with Gasteiger partial charge in [0, 0.05) is 26.5 Å². The highest BCUT2D eigenvalue weighted by molar-refractivity contribution is 8.00. The molecule has 180 valence electrons. The summed E-state index contributed by atoms with van der Waals surface area (Å²) in [7, 11) is 0. The van der Waals surface area contributed by atoms with Gasteiger partial charge in [0.15, 0.2) is 0 Å². The van der Waals surface area contributed by atoms with Crippen LogP contribution in [0.25, 0.3) is 11.1 Å². The Morgan fingerprint density at radius 1 is 1.03 bits per heavy atom. The number of nitriles is 1. The number of carbonyl (C=O) groups is 2. The Morgan fingerprint density at radius 3 is 2.53 bits per heavy atom. The second kappa shape index (κ2) is 11.6. The molecule has 2 N–H and O–H groups in total. The van der Waals surface area contributed by atoms with E-state index in [0.717, 1.165) is 21.6 Å². The van der Waals surface area contributed by atoms with Gasteiger partial charge in [0.1, 0.15) is 11.1 Å². The van der Waals surface area contributed by atoms with Crippen LogP contribution in [-0.4, -0.2) is 17.6 Å². The second-order valence-electron chi connectivity index (χ2n) is 7.77. The number of nitrogens with one attached hydrogen (secondary N) is 2. The van der Waals surface area contributed by atoms with Gasteiger partial charge in [0.2, 0.25) is 5.91 Å². The summed E-state index contributed by atoms with van der Waals surface area (Å²) in [5.41, 5.74) is 4.21. The van der Waals surface area contributed by atoms with Crippen molar-refractivity contribution in [3.05, 3.63) is 98.8 Å². The van der Waals surface area contributed by atoms with E-state index in [0.29, 0.717) is 26.8 Å². The van der Waals surface area contributed by atoms with Gasteiger partial charge < -0.3 is 10.6 Å². The third-order valence-corrected chi connectivity index (χ3v) is 7.59. The molecule has 0 unspecified atom stereocenters. The Labute approximate surface area is 227 Å². The molecule has 4 rings (SSSR count). The first-order chi connectivity index (χ1) is 17.3.